The van der Waals surface area contributed by atoms with Gasteiger partial charge in [-0.2, -0.15) is 0 Å². The number of nitrogens with one attached hydrogen (secondary N) is 1. The smallest absolute Gasteiger partial charge is 0.250 e. The predicted octanol–water partition coefficient (Wildman–Crippen LogP) is 4.39. The number of rotatable bonds is 6. The van der Waals surface area contributed by atoms with Crippen molar-refractivity contribution in [2.75, 3.05) is 13.1 Å². The molecule has 0 unspecified atom stereocenters. The average molecular weight is 537 g/mol. The molecule has 2 N–H and O–H groups in total. The van der Waals surface area contributed by atoms with Gasteiger partial charge in [0.25, 0.3) is 0 Å². The highest BCUT2D eigenvalue weighted by Gasteiger charge is 2.42. The molecule has 1 spiro atoms. The first-order valence-electron chi connectivity index (χ1n) is 13.2. The van der Waals surface area contributed by atoms with Gasteiger partial charge in [-0.25, -0.2) is 8.78 Å². The molecule has 4 heterocycles. The van der Waals surface area contributed by atoms with Gasteiger partial charge in [0.2, 0.25) is 5.91 Å². The molecule has 2 atom stereocenters. The minimum Gasteiger partial charge on any atom is -0.383 e. The Morgan fingerprint density at radius 1 is 1.13 bits per heavy atom. The van der Waals surface area contributed by atoms with Gasteiger partial charge in [-0.3, -0.25) is 19.7 Å². The number of fused-ring (bicyclic) bond motifs is 2. The lowest BCUT2D eigenvalue weighted by Gasteiger charge is -2.39. The summed E-state index contributed by atoms with van der Waals surface area (Å²) in [5, 5.41) is 13.2. The van der Waals surface area contributed by atoms with Gasteiger partial charge in [-0.1, -0.05) is 32.9 Å². The lowest BCUT2D eigenvalue weighted by Crippen LogP contribution is -2.44. The third-order valence-corrected chi connectivity index (χ3v) is 7.75. The van der Waals surface area contributed by atoms with E-state index in [-0.39, 0.29) is 5.60 Å². The van der Waals surface area contributed by atoms with Crippen LogP contribution in [0.2, 0.25) is 0 Å². The minimum atomic E-state index is -1.29. The van der Waals surface area contributed by atoms with Crippen molar-refractivity contribution in [3.63, 3.8) is 0 Å². The van der Waals surface area contributed by atoms with E-state index in [1.54, 1.807) is 33.0 Å². The number of halogens is 2. The molecule has 1 aromatic carbocycles. The highest BCUT2D eigenvalue weighted by molar-refractivity contribution is 5.82. The Hall–Kier alpha value is -3.27. The van der Waals surface area contributed by atoms with Crippen LogP contribution in [0, 0.1) is 17.0 Å². The van der Waals surface area contributed by atoms with Crippen LogP contribution in [0.25, 0.3) is 0 Å². The van der Waals surface area contributed by atoms with Crippen LogP contribution in [-0.2, 0) is 28.3 Å². The number of amides is 1. The summed E-state index contributed by atoms with van der Waals surface area (Å²) >= 11 is 0. The molecule has 1 amide bonds. The van der Waals surface area contributed by atoms with Gasteiger partial charge in [-0.15, -0.1) is 0 Å². The SMILES string of the molecule is CC(C)(C)[C@H](O)C(=O)N[C@@H](c1ccc(F)c(F)c1)c1ccc(CN2CCC3(CC2)OCc2ccncc23)cn1. The second-order valence-corrected chi connectivity index (χ2v) is 11.6. The Kier molecular flexibility index (Phi) is 7.50. The van der Waals surface area contributed by atoms with Crippen molar-refractivity contribution in [3.8, 4) is 0 Å². The molecular weight excluding hydrogens is 502 g/mol. The van der Waals surface area contributed by atoms with Gasteiger partial charge >= 0.3 is 0 Å². The van der Waals surface area contributed by atoms with E-state index in [2.05, 4.69) is 20.2 Å². The van der Waals surface area contributed by atoms with E-state index in [1.807, 2.05) is 24.5 Å². The molecule has 5 rings (SSSR count). The number of nitrogens with zero attached hydrogens (tertiary/aromatic N) is 3. The van der Waals surface area contributed by atoms with Gasteiger partial charge in [0.05, 0.1) is 23.9 Å². The van der Waals surface area contributed by atoms with Gasteiger partial charge in [0.15, 0.2) is 11.6 Å². The van der Waals surface area contributed by atoms with E-state index in [1.165, 1.54) is 17.2 Å². The molecule has 9 heteroatoms. The third-order valence-electron chi connectivity index (χ3n) is 7.75. The first-order chi connectivity index (χ1) is 18.6. The third kappa shape index (κ3) is 5.71. The molecule has 7 nitrogen and oxygen atoms in total. The Labute approximate surface area is 227 Å². The lowest BCUT2D eigenvalue weighted by molar-refractivity contribution is -0.135. The molecule has 206 valence electrons. The number of carbonyl (C=O) groups is 1. The van der Waals surface area contributed by atoms with Crippen molar-refractivity contribution in [3.05, 3.63) is 94.6 Å². The number of aliphatic hydroxyl groups excluding tert-OH is 1. The van der Waals surface area contributed by atoms with Crippen molar-refractivity contribution in [2.45, 2.75) is 64.5 Å². The molecule has 0 aliphatic carbocycles. The minimum absolute atomic E-state index is 0.254. The molecule has 2 aliphatic heterocycles. The Morgan fingerprint density at radius 3 is 2.56 bits per heavy atom. The van der Waals surface area contributed by atoms with Crippen LogP contribution in [0.15, 0.2) is 55.0 Å². The topological polar surface area (TPSA) is 87.6 Å². The number of benzene rings is 1. The van der Waals surface area contributed by atoms with Gasteiger partial charge < -0.3 is 15.2 Å². The van der Waals surface area contributed by atoms with E-state index in [0.29, 0.717) is 24.4 Å². The summed E-state index contributed by atoms with van der Waals surface area (Å²) in [6, 6.07) is 8.34. The summed E-state index contributed by atoms with van der Waals surface area (Å²) in [6.07, 6.45) is 5.96. The fraction of sp³-hybridized carbons (Fsp3) is 0.433. The van der Waals surface area contributed by atoms with Crippen LogP contribution in [0.4, 0.5) is 8.78 Å². The number of hydrogen-bond donors (Lipinski definition) is 2. The number of pyridine rings is 2. The maximum Gasteiger partial charge on any atom is 0.250 e. The molecule has 0 bridgehead atoms. The molecule has 0 saturated carbocycles. The zero-order valence-electron chi connectivity index (χ0n) is 22.5. The van der Waals surface area contributed by atoms with Crippen molar-refractivity contribution >= 4 is 5.91 Å². The summed E-state index contributed by atoms with van der Waals surface area (Å²) in [5.74, 6) is -2.61. The Balaban J connectivity index is 1.29. The number of aliphatic hydroxyl groups is 1. The summed E-state index contributed by atoms with van der Waals surface area (Å²) in [6.45, 7) is 8.30. The van der Waals surface area contributed by atoms with Crippen LogP contribution in [0.3, 0.4) is 0 Å². The summed E-state index contributed by atoms with van der Waals surface area (Å²) < 4.78 is 33.9. The number of ether oxygens (including phenoxy) is 1. The molecule has 0 radical (unpaired) electrons. The largest absolute Gasteiger partial charge is 0.383 e. The second-order valence-electron chi connectivity index (χ2n) is 11.6. The number of carbonyl (C=O) groups excluding carboxylic acids is 1. The van der Waals surface area contributed by atoms with Crippen LogP contribution < -0.4 is 5.32 Å². The quantitative estimate of drug-likeness (QED) is 0.486. The van der Waals surface area contributed by atoms with E-state index in [9.17, 15) is 18.7 Å². The number of likely N-dealkylation sites (tertiary alicyclic amines) is 1. The van der Waals surface area contributed by atoms with Crippen LogP contribution in [0.5, 0.6) is 0 Å². The molecule has 1 saturated heterocycles. The molecule has 3 aromatic rings. The maximum absolute atomic E-state index is 14.1. The van der Waals surface area contributed by atoms with Gasteiger partial charge in [0, 0.05) is 43.8 Å². The summed E-state index contributed by atoms with van der Waals surface area (Å²) in [7, 11) is 0. The van der Waals surface area contributed by atoms with E-state index < -0.39 is 35.1 Å². The molecule has 2 aliphatic rings. The summed E-state index contributed by atoms with van der Waals surface area (Å²) in [5.41, 5.74) is 3.25. The number of piperidine rings is 1. The zero-order chi connectivity index (χ0) is 27.8. The molecule has 1 fully saturated rings. The van der Waals surface area contributed by atoms with Crippen molar-refractivity contribution in [1.29, 1.82) is 0 Å². The Morgan fingerprint density at radius 2 is 1.90 bits per heavy atom. The first kappa shape index (κ1) is 27.3. The maximum atomic E-state index is 14.1. The van der Waals surface area contributed by atoms with Gasteiger partial charge in [-0.05, 0) is 59.2 Å². The normalized spacial score (nSPS) is 18.5. The molecule has 39 heavy (non-hydrogen) atoms. The fourth-order valence-electron chi connectivity index (χ4n) is 5.33. The fourth-order valence-corrected chi connectivity index (χ4v) is 5.33. The monoisotopic (exact) mass is 536 g/mol. The van der Waals surface area contributed by atoms with E-state index in [0.717, 1.165) is 43.6 Å². The lowest BCUT2D eigenvalue weighted by atomic mass is 9.84. The summed E-state index contributed by atoms with van der Waals surface area (Å²) in [4.78, 5) is 24.1. The number of aromatic nitrogens is 2. The van der Waals surface area contributed by atoms with Crippen LogP contribution in [-0.4, -0.2) is 45.1 Å². The number of hydrogen-bond acceptors (Lipinski definition) is 6. The molecule has 2 aromatic heterocycles. The molecular formula is C30H34F2N4O3. The Bertz CT molecular complexity index is 1330. The van der Waals surface area contributed by atoms with Crippen molar-refractivity contribution < 1.29 is 23.4 Å². The highest BCUT2D eigenvalue weighted by atomic mass is 19.2. The van der Waals surface area contributed by atoms with Crippen LogP contribution in [0.1, 0.15) is 67.6 Å². The average Bonchev–Trinajstić information content (AvgIpc) is 3.28. The van der Waals surface area contributed by atoms with E-state index >= 15 is 0 Å². The zero-order valence-corrected chi connectivity index (χ0v) is 22.5. The van der Waals surface area contributed by atoms with Crippen molar-refractivity contribution in [1.82, 2.24) is 20.2 Å². The second kappa shape index (κ2) is 10.7. The predicted molar refractivity (Wildman–Crippen MR) is 141 cm³/mol. The van der Waals surface area contributed by atoms with Crippen LogP contribution >= 0.6 is 0 Å². The highest BCUT2D eigenvalue weighted by Crippen LogP contribution is 2.43. The standard InChI is InChI=1S/C30H34F2N4O3/c1-29(2,3)27(37)28(38)35-26(20-5-6-23(31)24(32)14-20)25-7-4-19(15-34-25)17-36-12-9-30(10-13-36)22-16-33-11-8-21(22)18-39-30/h4-8,11,14-16,26-27,37H,9-10,12-13,17-18H2,1-3H3,(H,35,38)/t26-,27+/m0/s1. The van der Waals surface area contributed by atoms with E-state index in [4.69, 9.17) is 4.74 Å². The van der Waals surface area contributed by atoms with Crippen molar-refractivity contribution in [2.24, 2.45) is 5.41 Å². The van der Waals surface area contributed by atoms with Gasteiger partial charge in [0.1, 0.15) is 6.10 Å². The first-order valence-corrected chi connectivity index (χ1v) is 13.2.